The van der Waals surface area contributed by atoms with Crippen molar-refractivity contribution in [1.82, 2.24) is 0 Å². The number of carboxylic acids is 1. The Bertz CT molecular complexity index is 595. The van der Waals surface area contributed by atoms with Gasteiger partial charge in [-0.3, -0.25) is 9.59 Å². The van der Waals surface area contributed by atoms with E-state index in [1.54, 1.807) is 18.2 Å². The third-order valence-corrected chi connectivity index (χ3v) is 3.46. The topological polar surface area (TPSA) is 83.9 Å². The number of aliphatic carboxylic acids is 1. The van der Waals surface area contributed by atoms with Crippen LogP contribution in [-0.4, -0.2) is 29.5 Å². The molecule has 0 spiro atoms. The quantitative estimate of drug-likeness (QED) is 0.796. The van der Waals surface area contributed by atoms with Crippen molar-refractivity contribution in [2.24, 2.45) is 5.92 Å². The highest BCUT2D eigenvalue weighted by molar-refractivity contribution is 6.01. The van der Waals surface area contributed by atoms with Crippen molar-refractivity contribution in [1.29, 1.82) is 0 Å². The van der Waals surface area contributed by atoms with Crippen LogP contribution in [0.15, 0.2) is 18.2 Å². The molecule has 1 fully saturated rings. The van der Waals surface area contributed by atoms with Gasteiger partial charge in [-0.15, -0.1) is 0 Å². The second-order valence-electron chi connectivity index (χ2n) is 4.66. The number of benzene rings is 1. The molecule has 3 rings (SSSR count). The van der Waals surface area contributed by atoms with Gasteiger partial charge in [0, 0.05) is 24.2 Å². The summed E-state index contributed by atoms with van der Waals surface area (Å²) < 4.78 is 4.89. The number of cyclic esters (lactones) is 1. The first-order chi connectivity index (χ1) is 9.06. The number of hydrogen-bond donors (Lipinski definition) is 1. The van der Waals surface area contributed by atoms with E-state index >= 15 is 0 Å². The lowest BCUT2D eigenvalue weighted by atomic mass is 10.1. The summed E-state index contributed by atoms with van der Waals surface area (Å²) in [5.74, 6) is -2.30. The van der Waals surface area contributed by atoms with E-state index in [0.717, 1.165) is 5.56 Å². The average molecular weight is 261 g/mol. The number of amides is 1. The summed E-state index contributed by atoms with van der Waals surface area (Å²) in [6.07, 6.45) is -0.00311. The standard InChI is InChI=1S/C13H11NO5/c15-11-3-8(12(16)17)5-14(11)9-2-1-7-6-19-13(18)10(7)4-9/h1-2,4,8H,3,5-6H2,(H,16,17). The lowest BCUT2D eigenvalue weighted by molar-refractivity contribution is -0.141. The molecular weight excluding hydrogens is 250 g/mol. The zero-order valence-electron chi connectivity index (χ0n) is 9.96. The lowest BCUT2D eigenvalue weighted by Crippen LogP contribution is -2.25. The van der Waals surface area contributed by atoms with Crippen LogP contribution in [0, 0.1) is 5.92 Å². The highest BCUT2D eigenvalue weighted by Gasteiger charge is 2.35. The number of carbonyl (C=O) groups excluding carboxylic acids is 2. The van der Waals surface area contributed by atoms with Crippen molar-refractivity contribution in [3.05, 3.63) is 29.3 Å². The molecule has 98 valence electrons. The van der Waals surface area contributed by atoms with Crippen LogP contribution in [0.3, 0.4) is 0 Å². The molecule has 0 aromatic heterocycles. The molecule has 19 heavy (non-hydrogen) atoms. The number of fused-ring (bicyclic) bond motifs is 1. The maximum Gasteiger partial charge on any atom is 0.338 e. The maximum absolute atomic E-state index is 11.8. The monoisotopic (exact) mass is 261 g/mol. The van der Waals surface area contributed by atoms with Gasteiger partial charge in [0.2, 0.25) is 5.91 Å². The zero-order chi connectivity index (χ0) is 13.6. The smallest absolute Gasteiger partial charge is 0.338 e. The first-order valence-electron chi connectivity index (χ1n) is 5.89. The summed E-state index contributed by atoms with van der Waals surface area (Å²) in [5.41, 5.74) is 1.78. The number of esters is 1. The molecule has 1 aromatic carbocycles. The molecule has 1 saturated heterocycles. The summed E-state index contributed by atoms with van der Waals surface area (Å²) in [7, 11) is 0. The van der Waals surface area contributed by atoms with Crippen LogP contribution >= 0.6 is 0 Å². The molecule has 0 bridgehead atoms. The molecule has 2 aliphatic rings. The second-order valence-corrected chi connectivity index (χ2v) is 4.66. The summed E-state index contributed by atoms with van der Waals surface area (Å²) in [5, 5.41) is 8.94. The third kappa shape index (κ3) is 1.85. The molecule has 0 radical (unpaired) electrons. The van der Waals surface area contributed by atoms with E-state index in [1.807, 2.05) is 0 Å². The van der Waals surface area contributed by atoms with Crippen molar-refractivity contribution in [3.8, 4) is 0 Å². The van der Waals surface area contributed by atoms with Gasteiger partial charge in [0.1, 0.15) is 6.61 Å². The van der Waals surface area contributed by atoms with Crippen molar-refractivity contribution in [2.75, 3.05) is 11.4 Å². The second kappa shape index (κ2) is 4.08. The van der Waals surface area contributed by atoms with Crippen molar-refractivity contribution >= 4 is 23.5 Å². The van der Waals surface area contributed by atoms with E-state index < -0.39 is 17.9 Å². The summed E-state index contributed by atoms with van der Waals surface area (Å²) in [4.78, 5) is 35.6. The van der Waals surface area contributed by atoms with E-state index in [2.05, 4.69) is 0 Å². The van der Waals surface area contributed by atoms with Crippen LogP contribution in [-0.2, 0) is 20.9 Å². The summed E-state index contributed by atoms with van der Waals surface area (Å²) >= 11 is 0. The minimum atomic E-state index is -0.976. The average Bonchev–Trinajstić information content (AvgIpc) is 2.93. The highest BCUT2D eigenvalue weighted by atomic mass is 16.5. The number of anilines is 1. The van der Waals surface area contributed by atoms with Crippen LogP contribution in [0.2, 0.25) is 0 Å². The Balaban J connectivity index is 1.91. The Hall–Kier alpha value is -2.37. The molecule has 1 aromatic rings. The Morgan fingerprint density at radius 1 is 1.37 bits per heavy atom. The largest absolute Gasteiger partial charge is 0.481 e. The van der Waals surface area contributed by atoms with Gasteiger partial charge in [-0.25, -0.2) is 4.79 Å². The molecular formula is C13H11NO5. The normalized spacial score (nSPS) is 21.5. The molecule has 6 heteroatoms. The molecule has 0 saturated carbocycles. The Morgan fingerprint density at radius 2 is 2.16 bits per heavy atom. The lowest BCUT2D eigenvalue weighted by Gasteiger charge is -2.16. The zero-order valence-corrected chi connectivity index (χ0v) is 9.96. The fraction of sp³-hybridized carbons (Fsp3) is 0.308. The maximum atomic E-state index is 11.8. The predicted octanol–water partition coefficient (Wildman–Crippen LogP) is 0.795. The van der Waals surface area contributed by atoms with Crippen LogP contribution in [0.25, 0.3) is 0 Å². The molecule has 1 atom stereocenters. The number of carbonyl (C=O) groups is 3. The van der Waals surface area contributed by atoms with Gasteiger partial charge in [0.25, 0.3) is 0 Å². The first-order valence-corrected chi connectivity index (χ1v) is 5.89. The Labute approximate surface area is 108 Å². The fourth-order valence-corrected chi connectivity index (χ4v) is 2.39. The Morgan fingerprint density at radius 3 is 2.84 bits per heavy atom. The third-order valence-electron chi connectivity index (χ3n) is 3.46. The number of nitrogens with zero attached hydrogens (tertiary/aromatic N) is 1. The van der Waals surface area contributed by atoms with Gasteiger partial charge in [-0.2, -0.15) is 0 Å². The summed E-state index contributed by atoms with van der Waals surface area (Å²) in [6.45, 7) is 0.391. The van der Waals surface area contributed by atoms with E-state index in [1.165, 1.54) is 4.90 Å². The van der Waals surface area contributed by atoms with E-state index in [4.69, 9.17) is 9.84 Å². The molecule has 1 amide bonds. The number of ether oxygens (including phenoxy) is 1. The molecule has 1 unspecified atom stereocenters. The molecule has 2 aliphatic heterocycles. The van der Waals surface area contributed by atoms with Gasteiger partial charge >= 0.3 is 11.9 Å². The summed E-state index contributed by atoms with van der Waals surface area (Å²) in [6, 6.07) is 5.03. The van der Waals surface area contributed by atoms with Crippen molar-refractivity contribution < 1.29 is 24.2 Å². The highest BCUT2D eigenvalue weighted by Crippen LogP contribution is 2.29. The van der Waals surface area contributed by atoms with Gasteiger partial charge < -0.3 is 14.7 Å². The molecule has 2 heterocycles. The van der Waals surface area contributed by atoms with Crippen LogP contribution < -0.4 is 4.90 Å². The number of hydrogen-bond acceptors (Lipinski definition) is 4. The van der Waals surface area contributed by atoms with Gasteiger partial charge in [-0.1, -0.05) is 6.07 Å². The van der Waals surface area contributed by atoms with Crippen molar-refractivity contribution in [2.45, 2.75) is 13.0 Å². The van der Waals surface area contributed by atoms with Crippen LogP contribution in [0.1, 0.15) is 22.3 Å². The number of carboxylic acid groups (broad SMARTS) is 1. The fourth-order valence-electron chi connectivity index (χ4n) is 2.39. The minimum absolute atomic E-state index is 0.00311. The van der Waals surface area contributed by atoms with Crippen molar-refractivity contribution in [3.63, 3.8) is 0 Å². The van der Waals surface area contributed by atoms with Gasteiger partial charge in [-0.05, 0) is 12.1 Å². The predicted molar refractivity (Wildman–Crippen MR) is 63.7 cm³/mol. The molecule has 0 aliphatic carbocycles. The SMILES string of the molecule is O=C1OCc2ccc(N3CC(C(=O)O)CC3=O)cc21. The van der Waals surface area contributed by atoms with Gasteiger partial charge in [0.15, 0.2) is 0 Å². The van der Waals surface area contributed by atoms with Gasteiger partial charge in [0.05, 0.1) is 11.5 Å². The van der Waals surface area contributed by atoms with Crippen LogP contribution in [0.4, 0.5) is 5.69 Å². The minimum Gasteiger partial charge on any atom is -0.481 e. The van der Waals surface area contributed by atoms with Crippen LogP contribution in [0.5, 0.6) is 0 Å². The number of rotatable bonds is 2. The molecule has 6 nitrogen and oxygen atoms in total. The van der Waals surface area contributed by atoms with E-state index in [-0.39, 0.29) is 25.5 Å². The molecule has 1 N–H and O–H groups in total. The van der Waals surface area contributed by atoms with E-state index in [9.17, 15) is 14.4 Å². The Kier molecular flexibility index (Phi) is 2.51. The first kappa shape index (κ1) is 11.7. The van der Waals surface area contributed by atoms with E-state index in [0.29, 0.717) is 11.3 Å².